The highest BCUT2D eigenvalue weighted by atomic mass is 16.4. The third-order valence-electron chi connectivity index (χ3n) is 1.94. The molecular formula is C8H15NO2. The molecule has 0 aromatic rings. The Labute approximate surface area is 66.8 Å². The highest BCUT2D eigenvalue weighted by molar-refractivity contribution is 5.69. The van der Waals surface area contributed by atoms with Crippen LogP contribution in [0.2, 0.25) is 0 Å². The van der Waals surface area contributed by atoms with Crippen LogP contribution in [-0.2, 0) is 4.79 Å². The average Bonchev–Trinajstić information content (AvgIpc) is 2.43. The van der Waals surface area contributed by atoms with Crippen molar-refractivity contribution in [1.29, 1.82) is 0 Å². The van der Waals surface area contributed by atoms with Gasteiger partial charge in [-0.15, -0.1) is 0 Å². The van der Waals surface area contributed by atoms with Crippen LogP contribution in [0, 0.1) is 0 Å². The van der Waals surface area contributed by atoms with Crippen LogP contribution in [0.3, 0.4) is 0 Å². The van der Waals surface area contributed by atoms with Gasteiger partial charge in [-0.1, -0.05) is 13.8 Å². The van der Waals surface area contributed by atoms with E-state index in [-0.39, 0.29) is 12.0 Å². The number of carbonyl (C=O) groups is 1. The van der Waals surface area contributed by atoms with Crippen molar-refractivity contribution >= 4 is 5.97 Å². The monoisotopic (exact) mass is 157 g/mol. The molecule has 1 fully saturated rings. The largest absolute Gasteiger partial charge is 0.481 e. The van der Waals surface area contributed by atoms with Crippen molar-refractivity contribution in [3.8, 4) is 0 Å². The third-order valence-corrected chi connectivity index (χ3v) is 1.94. The molecule has 0 aromatic carbocycles. The summed E-state index contributed by atoms with van der Waals surface area (Å²) in [5.41, 5.74) is -0.0556. The van der Waals surface area contributed by atoms with E-state index >= 15 is 0 Å². The fourth-order valence-corrected chi connectivity index (χ4v) is 1.42. The summed E-state index contributed by atoms with van der Waals surface area (Å²) in [5.74, 6) is -0.698. The minimum absolute atomic E-state index is 0.0556. The van der Waals surface area contributed by atoms with Gasteiger partial charge >= 0.3 is 5.97 Å². The molecule has 0 radical (unpaired) electrons. The zero-order chi connectivity index (χ0) is 8.48. The van der Waals surface area contributed by atoms with E-state index in [0.717, 1.165) is 12.8 Å². The number of aliphatic carboxylic acids is 1. The standard InChI is InChI=1S/C8H15NO2/c1-6(2)9-8(3-4-8)5-7(10)11/h6,9H,3-5H2,1-2H3,(H,10,11). The van der Waals surface area contributed by atoms with E-state index in [1.165, 1.54) is 0 Å². The molecule has 64 valence electrons. The summed E-state index contributed by atoms with van der Waals surface area (Å²) in [6.07, 6.45) is 2.29. The zero-order valence-electron chi connectivity index (χ0n) is 7.05. The molecule has 0 saturated heterocycles. The summed E-state index contributed by atoms with van der Waals surface area (Å²) in [6.45, 7) is 4.09. The summed E-state index contributed by atoms with van der Waals surface area (Å²) in [5, 5.41) is 11.8. The molecule has 0 heterocycles. The van der Waals surface area contributed by atoms with Crippen molar-refractivity contribution in [3.63, 3.8) is 0 Å². The fourth-order valence-electron chi connectivity index (χ4n) is 1.42. The molecule has 1 aliphatic carbocycles. The zero-order valence-corrected chi connectivity index (χ0v) is 7.05. The lowest BCUT2D eigenvalue weighted by molar-refractivity contribution is -0.137. The minimum Gasteiger partial charge on any atom is -0.481 e. The molecular weight excluding hydrogens is 142 g/mol. The minimum atomic E-state index is -0.698. The topological polar surface area (TPSA) is 49.3 Å². The SMILES string of the molecule is CC(C)NC1(CC(=O)O)CC1. The lowest BCUT2D eigenvalue weighted by Gasteiger charge is -2.17. The van der Waals surface area contributed by atoms with E-state index in [1.807, 2.05) is 13.8 Å². The second-order valence-corrected chi connectivity index (χ2v) is 3.65. The molecule has 3 nitrogen and oxygen atoms in total. The van der Waals surface area contributed by atoms with Crippen LogP contribution in [0.4, 0.5) is 0 Å². The molecule has 0 amide bonds. The normalized spacial score (nSPS) is 20.3. The van der Waals surface area contributed by atoms with Gasteiger partial charge in [-0.25, -0.2) is 0 Å². The van der Waals surface area contributed by atoms with Crippen LogP contribution in [-0.4, -0.2) is 22.7 Å². The molecule has 0 atom stereocenters. The Balaban J connectivity index is 2.35. The number of nitrogens with one attached hydrogen (secondary N) is 1. The van der Waals surface area contributed by atoms with E-state index in [9.17, 15) is 4.79 Å². The van der Waals surface area contributed by atoms with E-state index in [2.05, 4.69) is 5.32 Å². The predicted molar refractivity (Wildman–Crippen MR) is 42.5 cm³/mol. The van der Waals surface area contributed by atoms with Crippen LogP contribution < -0.4 is 5.32 Å². The van der Waals surface area contributed by atoms with Crippen molar-refractivity contribution < 1.29 is 9.90 Å². The molecule has 1 saturated carbocycles. The first-order valence-electron chi connectivity index (χ1n) is 4.04. The van der Waals surface area contributed by atoms with Gasteiger partial charge in [0.15, 0.2) is 0 Å². The van der Waals surface area contributed by atoms with Crippen LogP contribution >= 0.6 is 0 Å². The smallest absolute Gasteiger partial charge is 0.305 e. The van der Waals surface area contributed by atoms with E-state index in [1.54, 1.807) is 0 Å². The van der Waals surface area contributed by atoms with Crippen molar-refractivity contribution in [2.75, 3.05) is 0 Å². The summed E-state index contributed by atoms with van der Waals surface area (Å²) < 4.78 is 0. The maximum Gasteiger partial charge on any atom is 0.305 e. The molecule has 0 aromatic heterocycles. The molecule has 11 heavy (non-hydrogen) atoms. The van der Waals surface area contributed by atoms with Gasteiger partial charge in [-0.3, -0.25) is 4.79 Å². The van der Waals surface area contributed by atoms with Gasteiger partial charge in [-0.2, -0.15) is 0 Å². The van der Waals surface area contributed by atoms with E-state index < -0.39 is 5.97 Å². The quantitative estimate of drug-likeness (QED) is 0.639. The fraction of sp³-hybridized carbons (Fsp3) is 0.875. The maximum absolute atomic E-state index is 10.4. The van der Waals surface area contributed by atoms with Gasteiger partial charge < -0.3 is 10.4 Å². The number of hydrogen-bond donors (Lipinski definition) is 2. The number of carboxylic acids is 1. The lowest BCUT2D eigenvalue weighted by atomic mass is 10.1. The molecule has 0 aliphatic heterocycles. The van der Waals surface area contributed by atoms with Crippen molar-refractivity contribution in [3.05, 3.63) is 0 Å². The van der Waals surface area contributed by atoms with Crippen molar-refractivity contribution in [2.24, 2.45) is 0 Å². The van der Waals surface area contributed by atoms with Crippen LogP contribution in [0.1, 0.15) is 33.1 Å². The lowest BCUT2D eigenvalue weighted by Crippen LogP contribution is -2.38. The molecule has 0 unspecified atom stereocenters. The molecule has 1 aliphatic rings. The van der Waals surface area contributed by atoms with Crippen LogP contribution in [0.15, 0.2) is 0 Å². The van der Waals surface area contributed by atoms with E-state index in [0.29, 0.717) is 6.04 Å². The average molecular weight is 157 g/mol. The van der Waals surface area contributed by atoms with Crippen molar-refractivity contribution in [2.45, 2.75) is 44.7 Å². The second kappa shape index (κ2) is 2.81. The number of carboxylic acid groups (broad SMARTS) is 1. The maximum atomic E-state index is 10.4. The van der Waals surface area contributed by atoms with Gasteiger partial charge in [0.1, 0.15) is 0 Å². The number of hydrogen-bond acceptors (Lipinski definition) is 2. The molecule has 1 rings (SSSR count). The van der Waals surface area contributed by atoms with Gasteiger partial charge in [0.2, 0.25) is 0 Å². The molecule has 0 bridgehead atoms. The van der Waals surface area contributed by atoms with Gasteiger partial charge in [0.25, 0.3) is 0 Å². The predicted octanol–water partition coefficient (Wildman–Crippen LogP) is 0.992. The number of rotatable bonds is 4. The van der Waals surface area contributed by atoms with Gasteiger partial charge in [-0.05, 0) is 12.8 Å². The van der Waals surface area contributed by atoms with Gasteiger partial charge in [0.05, 0.1) is 6.42 Å². The Morgan fingerprint density at radius 1 is 1.64 bits per heavy atom. The molecule has 3 heteroatoms. The van der Waals surface area contributed by atoms with Crippen LogP contribution in [0.25, 0.3) is 0 Å². The molecule has 0 spiro atoms. The Kier molecular flexibility index (Phi) is 2.18. The second-order valence-electron chi connectivity index (χ2n) is 3.65. The third kappa shape index (κ3) is 2.50. The Hall–Kier alpha value is -0.570. The first kappa shape index (κ1) is 8.53. The Bertz CT molecular complexity index is 161. The summed E-state index contributed by atoms with van der Waals surface area (Å²) in [7, 11) is 0. The first-order valence-corrected chi connectivity index (χ1v) is 4.04. The van der Waals surface area contributed by atoms with Crippen molar-refractivity contribution in [1.82, 2.24) is 5.32 Å². The summed E-state index contributed by atoms with van der Waals surface area (Å²) in [4.78, 5) is 10.4. The van der Waals surface area contributed by atoms with Gasteiger partial charge in [0, 0.05) is 11.6 Å². The summed E-state index contributed by atoms with van der Waals surface area (Å²) >= 11 is 0. The Morgan fingerprint density at radius 2 is 2.18 bits per heavy atom. The summed E-state index contributed by atoms with van der Waals surface area (Å²) in [6, 6.07) is 0.386. The van der Waals surface area contributed by atoms with Crippen LogP contribution in [0.5, 0.6) is 0 Å². The Morgan fingerprint density at radius 3 is 2.45 bits per heavy atom. The van der Waals surface area contributed by atoms with E-state index in [4.69, 9.17) is 5.11 Å². The highest BCUT2D eigenvalue weighted by Crippen LogP contribution is 2.38. The molecule has 2 N–H and O–H groups in total. The highest BCUT2D eigenvalue weighted by Gasteiger charge is 2.44. The first-order chi connectivity index (χ1) is 5.04.